The van der Waals surface area contributed by atoms with E-state index >= 15 is 0 Å². The lowest BCUT2D eigenvalue weighted by Crippen LogP contribution is -2.29. The van der Waals surface area contributed by atoms with Crippen LogP contribution >= 0.6 is 0 Å². The fourth-order valence-corrected chi connectivity index (χ4v) is 1.63. The second-order valence-electron chi connectivity index (χ2n) is 3.93. The maximum absolute atomic E-state index is 11.3. The molecule has 0 aromatic heterocycles. The third-order valence-corrected chi connectivity index (χ3v) is 2.48. The lowest BCUT2D eigenvalue weighted by atomic mass is 10.1. The van der Waals surface area contributed by atoms with E-state index in [1.807, 2.05) is 30.0 Å². The molecule has 1 amide bonds. The van der Waals surface area contributed by atoms with Crippen molar-refractivity contribution in [3.63, 3.8) is 0 Å². The third-order valence-electron chi connectivity index (χ3n) is 2.48. The summed E-state index contributed by atoms with van der Waals surface area (Å²) in [5.74, 6) is 0.128. The first-order valence-electron chi connectivity index (χ1n) is 5.61. The average Bonchev–Trinajstić information content (AvgIpc) is 2.27. The van der Waals surface area contributed by atoms with Gasteiger partial charge in [-0.05, 0) is 19.4 Å². The van der Waals surface area contributed by atoms with E-state index < -0.39 is 0 Å². The summed E-state index contributed by atoms with van der Waals surface area (Å²) >= 11 is 0. The van der Waals surface area contributed by atoms with Crippen molar-refractivity contribution < 1.29 is 4.79 Å². The zero-order chi connectivity index (χ0) is 12.0. The summed E-state index contributed by atoms with van der Waals surface area (Å²) in [7, 11) is 0. The Kier molecular flexibility index (Phi) is 4.77. The maximum atomic E-state index is 11.3. The minimum atomic E-state index is 0.128. The SMILES string of the molecule is CCN(CC(C)=Cc1ccccc1)C(C)=O. The monoisotopic (exact) mass is 217 g/mol. The molecule has 0 saturated carbocycles. The van der Waals surface area contributed by atoms with Gasteiger partial charge in [-0.1, -0.05) is 42.0 Å². The van der Waals surface area contributed by atoms with Crippen LogP contribution in [0.2, 0.25) is 0 Å². The summed E-state index contributed by atoms with van der Waals surface area (Å²) in [6.45, 7) is 7.13. The Balaban J connectivity index is 2.68. The maximum Gasteiger partial charge on any atom is 0.219 e. The number of amides is 1. The van der Waals surface area contributed by atoms with E-state index in [2.05, 4.69) is 25.1 Å². The highest BCUT2D eigenvalue weighted by molar-refractivity contribution is 5.73. The predicted octanol–water partition coefficient (Wildman–Crippen LogP) is 2.96. The van der Waals surface area contributed by atoms with Crippen LogP contribution in [0, 0.1) is 0 Å². The van der Waals surface area contributed by atoms with Crippen LogP contribution in [0.5, 0.6) is 0 Å². The average molecular weight is 217 g/mol. The van der Waals surface area contributed by atoms with Gasteiger partial charge < -0.3 is 4.90 Å². The van der Waals surface area contributed by atoms with Gasteiger partial charge in [-0.2, -0.15) is 0 Å². The molecule has 0 heterocycles. The number of hydrogen-bond donors (Lipinski definition) is 0. The Morgan fingerprint density at radius 3 is 2.38 bits per heavy atom. The predicted molar refractivity (Wildman–Crippen MR) is 68.0 cm³/mol. The number of likely N-dealkylation sites (N-methyl/N-ethyl adjacent to an activating group) is 1. The van der Waals surface area contributed by atoms with Gasteiger partial charge in [-0.3, -0.25) is 4.79 Å². The summed E-state index contributed by atoms with van der Waals surface area (Å²) in [5.41, 5.74) is 2.38. The molecular formula is C14H19NO. The molecule has 0 N–H and O–H groups in total. The van der Waals surface area contributed by atoms with Gasteiger partial charge in [0.05, 0.1) is 0 Å². The van der Waals surface area contributed by atoms with Crippen LogP contribution < -0.4 is 0 Å². The van der Waals surface area contributed by atoms with E-state index in [4.69, 9.17) is 0 Å². The quantitative estimate of drug-likeness (QED) is 0.759. The third kappa shape index (κ3) is 3.89. The Bertz CT molecular complexity index is 368. The Hall–Kier alpha value is -1.57. The van der Waals surface area contributed by atoms with E-state index in [0.717, 1.165) is 6.54 Å². The van der Waals surface area contributed by atoms with E-state index in [1.165, 1.54) is 11.1 Å². The highest BCUT2D eigenvalue weighted by Gasteiger charge is 2.05. The lowest BCUT2D eigenvalue weighted by Gasteiger charge is -2.19. The lowest BCUT2D eigenvalue weighted by molar-refractivity contribution is -0.128. The van der Waals surface area contributed by atoms with Crippen LogP contribution in [-0.2, 0) is 4.79 Å². The molecule has 2 nitrogen and oxygen atoms in total. The molecule has 0 unspecified atom stereocenters. The molecule has 0 atom stereocenters. The molecule has 1 aromatic carbocycles. The normalized spacial score (nSPS) is 11.3. The van der Waals surface area contributed by atoms with Crippen molar-refractivity contribution in [3.8, 4) is 0 Å². The van der Waals surface area contributed by atoms with Crippen LogP contribution in [0.1, 0.15) is 26.3 Å². The molecule has 0 bridgehead atoms. The minimum absolute atomic E-state index is 0.128. The summed E-state index contributed by atoms with van der Waals surface area (Å²) in [5, 5.41) is 0. The van der Waals surface area contributed by atoms with Gasteiger partial charge in [0.15, 0.2) is 0 Å². The molecule has 86 valence electrons. The fraction of sp³-hybridized carbons (Fsp3) is 0.357. The molecule has 16 heavy (non-hydrogen) atoms. The van der Waals surface area contributed by atoms with E-state index in [-0.39, 0.29) is 5.91 Å². The first-order valence-corrected chi connectivity index (χ1v) is 5.61. The van der Waals surface area contributed by atoms with Crippen molar-refractivity contribution in [2.75, 3.05) is 13.1 Å². The standard InChI is InChI=1S/C14H19NO/c1-4-15(13(3)16)11-12(2)10-14-8-6-5-7-9-14/h5-10H,4,11H2,1-3H3. The number of rotatable bonds is 4. The zero-order valence-electron chi connectivity index (χ0n) is 10.2. The highest BCUT2D eigenvalue weighted by atomic mass is 16.2. The Labute approximate surface area is 97.6 Å². The van der Waals surface area contributed by atoms with E-state index in [1.54, 1.807) is 6.92 Å². The van der Waals surface area contributed by atoms with Gasteiger partial charge in [0.2, 0.25) is 5.91 Å². The Morgan fingerprint density at radius 1 is 1.25 bits per heavy atom. The second kappa shape index (κ2) is 6.11. The smallest absolute Gasteiger partial charge is 0.219 e. The van der Waals surface area contributed by atoms with Gasteiger partial charge in [0, 0.05) is 20.0 Å². The van der Waals surface area contributed by atoms with Crippen molar-refractivity contribution in [2.24, 2.45) is 0 Å². The Morgan fingerprint density at radius 2 is 1.88 bits per heavy atom. The zero-order valence-corrected chi connectivity index (χ0v) is 10.2. The van der Waals surface area contributed by atoms with Crippen LogP contribution in [0.15, 0.2) is 35.9 Å². The minimum Gasteiger partial charge on any atom is -0.339 e. The van der Waals surface area contributed by atoms with Crippen molar-refractivity contribution >= 4 is 12.0 Å². The van der Waals surface area contributed by atoms with Crippen LogP contribution in [0.25, 0.3) is 6.08 Å². The summed E-state index contributed by atoms with van der Waals surface area (Å²) < 4.78 is 0. The molecule has 0 saturated heterocycles. The molecule has 0 aliphatic rings. The molecule has 0 aliphatic heterocycles. The largest absolute Gasteiger partial charge is 0.339 e. The van der Waals surface area contributed by atoms with E-state index in [9.17, 15) is 4.79 Å². The van der Waals surface area contributed by atoms with Gasteiger partial charge in [0.1, 0.15) is 0 Å². The number of carbonyl (C=O) groups excluding carboxylic acids is 1. The van der Waals surface area contributed by atoms with Gasteiger partial charge in [-0.15, -0.1) is 0 Å². The molecule has 1 aromatic rings. The van der Waals surface area contributed by atoms with Crippen molar-refractivity contribution in [3.05, 3.63) is 41.5 Å². The molecular weight excluding hydrogens is 198 g/mol. The van der Waals surface area contributed by atoms with Crippen LogP contribution in [0.3, 0.4) is 0 Å². The number of hydrogen-bond acceptors (Lipinski definition) is 1. The summed E-state index contributed by atoms with van der Waals surface area (Å²) in [4.78, 5) is 13.1. The summed E-state index contributed by atoms with van der Waals surface area (Å²) in [6.07, 6.45) is 2.12. The first-order chi connectivity index (χ1) is 7.63. The fourth-order valence-electron chi connectivity index (χ4n) is 1.63. The van der Waals surface area contributed by atoms with E-state index in [0.29, 0.717) is 6.54 Å². The number of carbonyl (C=O) groups is 1. The molecule has 2 heteroatoms. The van der Waals surface area contributed by atoms with Crippen LogP contribution in [0.4, 0.5) is 0 Å². The molecule has 0 aliphatic carbocycles. The second-order valence-corrected chi connectivity index (χ2v) is 3.93. The van der Waals surface area contributed by atoms with Gasteiger partial charge in [-0.25, -0.2) is 0 Å². The molecule has 0 fully saturated rings. The molecule has 0 spiro atoms. The van der Waals surface area contributed by atoms with Crippen molar-refractivity contribution in [1.29, 1.82) is 0 Å². The number of benzene rings is 1. The topological polar surface area (TPSA) is 20.3 Å². The van der Waals surface area contributed by atoms with Crippen molar-refractivity contribution in [2.45, 2.75) is 20.8 Å². The van der Waals surface area contributed by atoms with Gasteiger partial charge in [0.25, 0.3) is 0 Å². The van der Waals surface area contributed by atoms with Crippen LogP contribution in [-0.4, -0.2) is 23.9 Å². The molecule has 1 rings (SSSR count). The van der Waals surface area contributed by atoms with Gasteiger partial charge >= 0.3 is 0 Å². The van der Waals surface area contributed by atoms with Crippen molar-refractivity contribution in [1.82, 2.24) is 4.90 Å². The summed E-state index contributed by atoms with van der Waals surface area (Å²) in [6, 6.07) is 10.2. The molecule has 0 radical (unpaired) electrons. The first kappa shape index (κ1) is 12.5. The highest BCUT2D eigenvalue weighted by Crippen LogP contribution is 2.07. The number of nitrogens with zero attached hydrogens (tertiary/aromatic N) is 1.